The van der Waals surface area contributed by atoms with Gasteiger partial charge in [-0.3, -0.25) is 24.1 Å². The molecule has 1 aliphatic carbocycles. The summed E-state index contributed by atoms with van der Waals surface area (Å²) in [5.74, 6) is -3.25. The van der Waals surface area contributed by atoms with Crippen LogP contribution in [0.4, 0.5) is 11.4 Å². The molecule has 0 bridgehead atoms. The van der Waals surface area contributed by atoms with Gasteiger partial charge >= 0.3 is 5.97 Å². The molecule has 2 fully saturated rings. The molecule has 0 spiro atoms. The van der Waals surface area contributed by atoms with Gasteiger partial charge in [-0.05, 0) is 62.2 Å². The van der Waals surface area contributed by atoms with Crippen molar-refractivity contribution in [3.8, 4) is 0 Å². The number of halogens is 2. The fraction of sp³-hybridized carbons (Fsp3) is 0.320. The number of hydrogen-bond donors (Lipinski definition) is 1. The molecule has 182 valence electrons. The lowest BCUT2D eigenvalue weighted by molar-refractivity contribution is -0.122. The number of hydrogen-bond acceptors (Lipinski definition) is 6. The molecular formula is C25H22Cl2N2O6. The van der Waals surface area contributed by atoms with Crippen LogP contribution in [0.5, 0.6) is 0 Å². The summed E-state index contributed by atoms with van der Waals surface area (Å²) >= 11 is 12.4. The topological polar surface area (TPSA) is 110 Å². The van der Waals surface area contributed by atoms with Gasteiger partial charge in [-0.2, -0.15) is 0 Å². The molecule has 1 heterocycles. The largest absolute Gasteiger partial charge is 0.452 e. The number of rotatable bonds is 6. The SMILES string of the molecule is CC(=O)c1ccc(NC(=O)COC(=O)c2cccc(N3C(=O)[C@@H]4C[C@@H](Cl)[C@@H](Cl)C[C@H]4C3=O)c2)cc1. The minimum Gasteiger partial charge on any atom is -0.452 e. The quantitative estimate of drug-likeness (QED) is 0.270. The number of carbonyl (C=O) groups is 5. The van der Waals surface area contributed by atoms with Crippen LogP contribution in [-0.2, 0) is 19.1 Å². The molecule has 1 saturated heterocycles. The van der Waals surface area contributed by atoms with E-state index in [0.29, 0.717) is 24.1 Å². The molecule has 8 nitrogen and oxygen atoms in total. The van der Waals surface area contributed by atoms with Crippen LogP contribution in [0.15, 0.2) is 48.5 Å². The van der Waals surface area contributed by atoms with Crippen LogP contribution in [0.2, 0.25) is 0 Å². The van der Waals surface area contributed by atoms with Crippen LogP contribution in [-0.4, -0.2) is 46.8 Å². The molecule has 0 unspecified atom stereocenters. The van der Waals surface area contributed by atoms with Crippen molar-refractivity contribution in [2.45, 2.75) is 30.5 Å². The van der Waals surface area contributed by atoms with Crippen molar-refractivity contribution < 1.29 is 28.7 Å². The van der Waals surface area contributed by atoms with E-state index in [4.69, 9.17) is 27.9 Å². The Morgan fingerprint density at radius 1 is 0.943 bits per heavy atom. The standard InChI is InChI=1S/C25H22Cl2N2O6/c1-13(30)14-5-7-16(8-6-14)28-22(31)12-35-25(34)15-3-2-4-17(9-15)29-23(32)18-10-20(26)21(27)11-19(18)24(29)33/h2-9,18-21H,10-12H2,1H3,(H,28,31)/t18-,19-,20-,21+/m1/s1. The third-order valence-electron chi connectivity index (χ3n) is 6.16. The summed E-state index contributed by atoms with van der Waals surface area (Å²) in [5.41, 5.74) is 1.29. The highest BCUT2D eigenvalue weighted by molar-refractivity contribution is 6.31. The van der Waals surface area contributed by atoms with Crippen molar-refractivity contribution in [1.82, 2.24) is 0 Å². The molecule has 1 N–H and O–H groups in total. The fourth-order valence-corrected chi connectivity index (χ4v) is 4.91. The Morgan fingerprint density at radius 3 is 2.11 bits per heavy atom. The Kier molecular flexibility index (Phi) is 7.23. The lowest BCUT2D eigenvalue weighted by Crippen LogP contribution is -2.34. The van der Waals surface area contributed by atoms with Gasteiger partial charge in [0, 0.05) is 11.3 Å². The predicted molar refractivity (Wildman–Crippen MR) is 130 cm³/mol. The molecule has 2 aromatic rings. The molecule has 2 aliphatic rings. The molecule has 4 rings (SSSR count). The molecule has 3 amide bonds. The highest BCUT2D eigenvalue weighted by atomic mass is 35.5. The van der Waals surface area contributed by atoms with Crippen LogP contribution in [0.3, 0.4) is 0 Å². The van der Waals surface area contributed by atoms with Crippen molar-refractivity contribution in [3.63, 3.8) is 0 Å². The van der Waals surface area contributed by atoms with Gasteiger partial charge in [-0.1, -0.05) is 6.07 Å². The number of nitrogens with one attached hydrogen (secondary N) is 1. The fourth-order valence-electron chi connectivity index (χ4n) is 4.32. The Labute approximate surface area is 211 Å². The van der Waals surface area contributed by atoms with E-state index in [9.17, 15) is 24.0 Å². The van der Waals surface area contributed by atoms with E-state index in [0.717, 1.165) is 4.90 Å². The second kappa shape index (κ2) is 10.2. The van der Waals surface area contributed by atoms with Crippen molar-refractivity contribution >= 4 is 64.1 Å². The zero-order chi connectivity index (χ0) is 25.3. The average Bonchev–Trinajstić information content (AvgIpc) is 3.07. The first kappa shape index (κ1) is 24.9. The van der Waals surface area contributed by atoms with Gasteiger partial charge in [0.1, 0.15) is 0 Å². The maximum atomic E-state index is 12.9. The maximum Gasteiger partial charge on any atom is 0.338 e. The van der Waals surface area contributed by atoms with E-state index in [1.54, 1.807) is 30.3 Å². The number of imide groups is 1. The maximum absolute atomic E-state index is 12.9. The summed E-state index contributed by atoms with van der Waals surface area (Å²) in [6, 6.07) is 12.2. The first-order valence-electron chi connectivity index (χ1n) is 11.0. The van der Waals surface area contributed by atoms with Crippen molar-refractivity contribution in [3.05, 3.63) is 59.7 Å². The molecule has 1 saturated carbocycles. The average molecular weight is 517 g/mol. The van der Waals surface area contributed by atoms with E-state index in [1.165, 1.54) is 25.1 Å². The Balaban J connectivity index is 1.39. The second-order valence-electron chi connectivity index (χ2n) is 8.54. The second-order valence-corrected chi connectivity index (χ2v) is 9.66. The lowest BCUT2D eigenvalue weighted by atomic mass is 9.80. The smallest absolute Gasteiger partial charge is 0.338 e. The highest BCUT2D eigenvalue weighted by Crippen LogP contribution is 2.43. The number of ether oxygens (including phenoxy) is 1. The molecule has 35 heavy (non-hydrogen) atoms. The minimum atomic E-state index is -0.785. The Morgan fingerprint density at radius 2 is 1.54 bits per heavy atom. The van der Waals surface area contributed by atoms with Gasteiger partial charge in [0.2, 0.25) is 11.8 Å². The number of carbonyl (C=O) groups excluding carboxylic acids is 5. The van der Waals surface area contributed by atoms with Gasteiger partial charge in [-0.25, -0.2) is 4.79 Å². The third kappa shape index (κ3) is 5.23. The molecule has 10 heteroatoms. The van der Waals surface area contributed by atoms with Crippen molar-refractivity contribution in [2.24, 2.45) is 11.8 Å². The zero-order valence-electron chi connectivity index (χ0n) is 18.7. The van der Waals surface area contributed by atoms with E-state index < -0.39 is 41.1 Å². The summed E-state index contributed by atoms with van der Waals surface area (Å²) in [4.78, 5) is 63.0. The highest BCUT2D eigenvalue weighted by Gasteiger charge is 2.52. The number of amides is 3. The van der Waals surface area contributed by atoms with E-state index >= 15 is 0 Å². The number of nitrogens with zero attached hydrogens (tertiary/aromatic N) is 1. The van der Waals surface area contributed by atoms with Crippen LogP contribution >= 0.6 is 23.2 Å². The van der Waals surface area contributed by atoms with Crippen LogP contribution < -0.4 is 10.2 Å². The van der Waals surface area contributed by atoms with Gasteiger partial charge in [-0.15, -0.1) is 23.2 Å². The van der Waals surface area contributed by atoms with Crippen molar-refractivity contribution in [2.75, 3.05) is 16.8 Å². The normalized spacial score (nSPS) is 23.6. The van der Waals surface area contributed by atoms with E-state index in [-0.39, 0.29) is 28.8 Å². The lowest BCUT2D eigenvalue weighted by Gasteiger charge is -2.28. The first-order chi connectivity index (χ1) is 16.7. The minimum absolute atomic E-state index is 0.0852. The molecular weight excluding hydrogens is 495 g/mol. The monoisotopic (exact) mass is 516 g/mol. The van der Waals surface area contributed by atoms with Crippen LogP contribution in [0.1, 0.15) is 40.5 Å². The molecule has 2 aromatic carbocycles. The van der Waals surface area contributed by atoms with Crippen LogP contribution in [0, 0.1) is 11.8 Å². The Hall–Kier alpha value is -3.23. The van der Waals surface area contributed by atoms with E-state index in [2.05, 4.69) is 5.32 Å². The molecule has 4 atom stereocenters. The summed E-state index contributed by atoms with van der Waals surface area (Å²) < 4.78 is 5.09. The Bertz CT molecular complexity index is 1170. The molecule has 0 radical (unpaired) electrons. The van der Waals surface area contributed by atoms with E-state index in [1.807, 2.05) is 0 Å². The number of Topliss-reactive ketones (excluding diaryl/α,β-unsaturated/α-hetero) is 1. The number of ketones is 1. The molecule has 1 aliphatic heterocycles. The summed E-state index contributed by atoms with van der Waals surface area (Å²) in [6.45, 7) is 0.895. The van der Waals surface area contributed by atoms with Crippen molar-refractivity contribution in [1.29, 1.82) is 0 Å². The summed E-state index contributed by atoms with van der Waals surface area (Å²) in [7, 11) is 0. The summed E-state index contributed by atoms with van der Waals surface area (Å²) in [6.07, 6.45) is 0.631. The van der Waals surface area contributed by atoms with Gasteiger partial charge < -0.3 is 10.1 Å². The number of fused-ring (bicyclic) bond motifs is 1. The molecule has 0 aromatic heterocycles. The number of alkyl halides is 2. The number of benzene rings is 2. The number of esters is 1. The van der Waals surface area contributed by atoms with Gasteiger partial charge in [0.05, 0.1) is 33.8 Å². The zero-order valence-corrected chi connectivity index (χ0v) is 20.2. The number of anilines is 2. The third-order valence-corrected chi connectivity index (χ3v) is 7.25. The van der Waals surface area contributed by atoms with Gasteiger partial charge in [0.15, 0.2) is 12.4 Å². The predicted octanol–water partition coefficient (Wildman–Crippen LogP) is 3.80. The van der Waals surface area contributed by atoms with Crippen LogP contribution in [0.25, 0.3) is 0 Å². The van der Waals surface area contributed by atoms with Gasteiger partial charge in [0.25, 0.3) is 5.91 Å². The first-order valence-corrected chi connectivity index (χ1v) is 11.9. The summed E-state index contributed by atoms with van der Waals surface area (Å²) in [5, 5.41) is 1.78.